The van der Waals surface area contributed by atoms with Gasteiger partial charge in [0.05, 0.1) is 23.2 Å². The lowest BCUT2D eigenvalue weighted by Crippen LogP contribution is -2.29. The van der Waals surface area contributed by atoms with Gasteiger partial charge in [-0.25, -0.2) is 8.42 Å². The van der Waals surface area contributed by atoms with Gasteiger partial charge in [-0.05, 0) is 58.4 Å². The maximum Gasteiger partial charge on any atom is 0.291 e. The molecule has 1 amide bonds. The van der Waals surface area contributed by atoms with Crippen molar-refractivity contribution >= 4 is 32.4 Å². The minimum absolute atomic E-state index is 0.00557. The minimum atomic E-state index is -3.34. The molecule has 0 aliphatic heterocycles. The zero-order valence-corrected chi connectivity index (χ0v) is 19.4. The predicted octanol–water partition coefficient (Wildman–Crippen LogP) is 5.32. The zero-order chi connectivity index (χ0) is 22.8. The fourth-order valence-corrected chi connectivity index (χ4v) is 4.09. The van der Waals surface area contributed by atoms with Crippen LogP contribution in [-0.2, 0) is 26.9 Å². The molecule has 3 aromatic rings. The van der Waals surface area contributed by atoms with Crippen LogP contribution in [0.15, 0.2) is 52.9 Å². The van der Waals surface area contributed by atoms with Gasteiger partial charge in [-0.1, -0.05) is 30.3 Å². The molecule has 1 N–H and O–H groups in total. The standard InChI is InChI=1S/C24H29NO5S/c1-16(2)29-14-20-19-11-6-7-12-21(19)30-22(20)23(26)25-18-10-8-9-17(13-18)15-31(27,28)24(3,4)5/h6-13,16H,14-15H2,1-5H3,(H,25,26). The molecule has 0 atom stereocenters. The normalized spacial score (nSPS) is 12.5. The third-order valence-corrected chi connectivity index (χ3v) is 7.52. The molecule has 0 radical (unpaired) electrons. The van der Waals surface area contributed by atoms with Gasteiger partial charge < -0.3 is 14.5 Å². The van der Waals surface area contributed by atoms with Crippen molar-refractivity contribution in [3.05, 3.63) is 65.4 Å². The number of benzene rings is 2. The first-order valence-corrected chi connectivity index (χ1v) is 11.9. The SMILES string of the molecule is CC(C)OCc1c(C(=O)Nc2cccc(CS(=O)(=O)C(C)(C)C)c2)oc2ccccc12. The average Bonchev–Trinajstić information content (AvgIpc) is 3.04. The molecule has 7 heteroatoms. The number of carbonyl (C=O) groups is 1. The summed E-state index contributed by atoms with van der Waals surface area (Å²) in [7, 11) is -3.34. The Bertz CT molecular complexity index is 1190. The molecule has 0 aliphatic carbocycles. The number of para-hydroxylation sites is 1. The largest absolute Gasteiger partial charge is 0.451 e. The van der Waals surface area contributed by atoms with E-state index in [2.05, 4.69) is 5.32 Å². The number of sulfone groups is 1. The average molecular weight is 444 g/mol. The van der Waals surface area contributed by atoms with Crippen LogP contribution in [0.1, 0.15) is 56.3 Å². The summed E-state index contributed by atoms with van der Waals surface area (Å²) in [4.78, 5) is 13.0. The molecular formula is C24H29NO5S. The number of nitrogens with one attached hydrogen (secondary N) is 1. The summed E-state index contributed by atoms with van der Waals surface area (Å²) in [6.45, 7) is 9.14. The summed E-state index contributed by atoms with van der Waals surface area (Å²) >= 11 is 0. The van der Waals surface area contributed by atoms with E-state index < -0.39 is 20.5 Å². The Morgan fingerprint density at radius 1 is 1.10 bits per heavy atom. The fourth-order valence-electron chi connectivity index (χ4n) is 3.04. The third-order valence-electron chi connectivity index (χ3n) is 4.94. The van der Waals surface area contributed by atoms with Gasteiger partial charge in [0, 0.05) is 16.6 Å². The van der Waals surface area contributed by atoms with E-state index in [1.165, 1.54) is 0 Å². The number of rotatable bonds is 7. The number of anilines is 1. The summed E-state index contributed by atoms with van der Waals surface area (Å²) in [6.07, 6.45) is 0.00557. The van der Waals surface area contributed by atoms with E-state index in [0.717, 1.165) is 5.39 Å². The Balaban J connectivity index is 1.87. The lowest BCUT2D eigenvalue weighted by atomic mass is 10.1. The second-order valence-corrected chi connectivity index (χ2v) is 11.5. The smallest absolute Gasteiger partial charge is 0.291 e. The van der Waals surface area contributed by atoms with Crippen molar-refractivity contribution in [3.63, 3.8) is 0 Å². The molecule has 0 aliphatic rings. The van der Waals surface area contributed by atoms with Crippen LogP contribution in [0.4, 0.5) is 5.69 Å². The van der Waals surface area contributed by atoms with Crippen molar-refractivity contribution < 1.29 is 22.4 Å². The number of carbonyl (C=O) groups excluding carboxylic acids is 1. The summed E-state index contributed by atoms with van der Waals surface area (Å²) in [6, 6.07) is 14.3. The molecule has 1 heterocycles. The molecule has 0 spiro atoms. The number of hydrogen-bond acceptors (Lipinski definition) is 5. The van der Waals surface area contributed by atoms with Gasteiger partial charge in [0.1, 0.15) is 5.58 Å². The zero-order valence-electron chi connectivity index (χ0n) is 18.6. The minimum Gasteiger partial charge on any atom is -0.451 e. The van der Waals surface area contributed by atoms with Gasteiger partial charge in [-0.15, -0.1) is 0 Å². The molecule has 6 nitrogen and oxygen atoms in total. The van der Waals surface area contributed by atoms with Crippen molar-refractivity contribution in [2.45, 2.75) is 57.8 Å². The Labute approximate surface area is 183 Å². The molecule has 1 aromatic heterocycles. The predicted molar refractivity (Wildman–Crippen MR) is 123 cm³/mol. The molecule has 0 bridgehead atoms. The highest BCUT2D eigenvalue weighted by Gasteiger charge is 2.29. The molecule has 166 valence electrons. The van der Waals surface area contributed by atoms with Crippen molar-refractivity contribution in [1.82, 2.24) is 0 Å². The quantitative estimate of drug-likeness (QED) is 0.534. The third kappa shape index (κ3) is 5.35. The van der Waals surface area contributed by atoms with Crippen LogP contribution < -0.4 is 5.32 Å². The van der Waals surface area contributed by atoms with E-state index in [-0.39, 0.29) is 24.2 Å². The Morgan fingerprint density at radius 2 is 1.81 bits per heavy atom. The highest BCUT2D eigenvalue weighted by atomic mass is 32.2. The lowest BCUT2D eigenvalue weighted by molar-refractivity contribution is 0.0648. The maximum absolute atomic E-state index is 13.0. The van der Waals surface area contributed by atoms with Gasteiger partial charge in [0.15, 0.2) is 15.6 Å². The number of hydrogen-bond donors (Lipinski definition) is 1. The first kappa shape index (κ1) is 23.0. The van der Waals surface area contributed by atoms with E-state index in [1.54, 1.807) is 45.0 Å². The van der Waals surface area contributed by atoms with Crippen LogP contribution >= 0.6 is 0 Å². The van der Waals surface area contributed by atoms with Crippen LogP contribution in [0.5, 0.6) is 0 Å². The van der Waals surface area contributed by atoms with Crippen molar-refractivity contribution in [3.8, 4) is 0 Å². The van der Waals surface area contributed by atoms with Crippen LogP contribution in [0.3, 0.4) is 0 Å². The van der Waals surface area contributed by atoms with Crippen molar-refractivity contribution in [2.24, 2.45) is 0 Å². The number of furan rings is 1. The summed E-state index contributed by atoms with van der Waals surface area (Å²) < 4.78 is 35.8. The summed E-state index contributed by atoms with van der Waals surface area (Å²) in [5.41, 5.74) is 2.41. The Morgan fingerprint density at radius 3 is 2.48 bits per heavy atom. The molecule has 0 unspecified atom stereocenters. The first-order chi connectivity index (χ1) is 14.5. The van der Waals surface area contributed by atoms with Gasteiger partial charge in [0.2, 0.25) is 0 Å². The highest BCUT2D eigenvalue weighted by Crippen LogP contribution is 2.28. The van der Waals surface area contributed by atoms with E-state index in [9.17, 15) is 13.2 Å². The second-order valence-electron chi connectivity index (χ2n) is 8.79. The first-order valence-electron chi connectivity index (χ1n) is 10.2. The van der Waals surface area contributed by atoms with Gasteiger partial charge in [-0.3, -0.25) is 4.79 Å². The van der Waals surface area contributed by atoms with Gasteiger partial charge in [0.25, 0.3) is 5.91 Å². The van der Waals surface area contributed by atoms with E-state index in [4.69, 9.17) is 9.15 Å². The molecule has 0 saturated carbocycles. The van der Waals surface area contributed by atoms with Crippen LogP contribution in [0.2, 0.25) is 0 Å². The van der Waals surface area contributed by atoms with Crippen molar-refractivity contribution in [2.75, 3.05) is 5.32 Å². The molecular weight excluding hydrogens is 414 g/mol. The van der Waals surface area contributed by atoms with Crippen LogP contribution in [0.25, 0.3) is 11.0 Å². The molecule has 0 fully saturated rings. The fraction of sp³-hybridized carbons (Fsp3) is 0.375. The molecule has 2 aromatic carbocycles. The lowest BCUT2D eigenvalue weighted by Gasteiger charge is -2.19. The van der Waals surface area contributed by atoms with Crippen molar-refractivity contribution in [1.29, 1.82) is 0 Å². The van der Waals surface area contributed by atoms with Gasteiger partial charge in [-0.2, -0.15) is 0 Å². The summed E-state index contributed by atoms with van der Waals surface area (Å²) in [5, 5.41) is 3.66. The van der Waals surface area contributed by atoms with E-state index in [0.29, 0.717) is 22.4 Å². The second kappa shape index (κ2) is 8.85. The highest BCUT2D eigenvalue weighted by molar-refractivity contribution is 7.91. The maximum atomic E-state index is 13.0. The Hall–Kier alpha value is -2.64. The van der Waals surface area contributed by atoms with E-state index >= 15 is 0 Å². The van der Waals surface area contributed by atoms with Crippen LogP contribution in [0, 0.1) is 0 Å². The molecule has 0 saturated heterocycles. The van der Waals surface area contributed by atoms with Gasteiger partial charge >= 0.3 is 0 Å². The molecule has 31 heavy (non-hydrogen) atoms. The molecule has 3 rings (SSSR count). The number of ether oxygens (including phenoxy) is 1. The van der Waals surface area contributed by atoms with Crippen LogP contribution in [-0.4, -0.2) is 25.2 Å². The monoisotopic (exact) mass is 443 g/mol. The summed E-state index contributed by atoms with van der Waals surface area (Å²) in [5.74, 6) is -0.317. The van der Waals surface area contributed by atoms with E-state index in [1.807, 2.05) is 38.1 Å². The number of amides is 1. The number of fused-ring (bicyclic) bond motifs is 1. The Kier molecular flexibility index (Phi) is 6.57. The topological polar surface area (TPSA) is 85.6 Å².